The summed E-state index contributed by atoms with van der Waals surface area (Å²) >= 11 is 6.00. The van der Waals surface area contributed by atoms with Gasteiger partial charge in [-0.3, -0.25) is 4.79 Å². The third kappa shape index (κ3) is 4.36. The fourth-order valence-electron chi connectivity index (χ4n) is 4.08. The molecule has 1 aliphatic carbocycles. The highest BCUT2D eigenvalue weighted by molar-refractivity contribution is 6.30. The molecular formula is C23H25ClN2O. The lowest BCUT2D eigenvalue weighted by Crippen LogP contribution is -2.37. The first-order valence-corrected chi connectivity index (χ1v) is 10.2. The topological polar surface area (TPSA) is 34.0 Å². The molecule has 140 valence electrons. The van der Waals surface area contributed by atoms with Gasteiger partial charge in [-0.25, -0.2) is 0 Å². The molecule has 3 nitrogen and oxygen atoms in total. The minimum absolute atomic E-state index is 0.135. The Morgan fingerprint density at radius 1 is 1.04 bits per heavy atom. The number of nitrogens with zero attached hydrogens (tertiary/aromatic N) is 1. The number of halogens is 1. The molecule has 0 spiro atoms. The van der Waals surface area contributed by atoms with Crippen LogP contribution < -0.4 is 5.32 Å². The number of hydrogen-bond donors (Lipinski definition) is 1. The SMILES string of the molecule is O=C(Cc1cn(Cc2ccc(Cl)cc2)c2ccccc12)NC1CCCCC1. The summed E-state index contributed by atoms with van der Waals surface area (Å²) in [4.78, 5) is 12.6. The fourth-order valence-corrected chi connectivity index (χ4v) is 4.21. The molecule has 1 amide bonds. The van der Waals surface area contributed by atoms with Gasteiger partial charge >= 0.3 is 0 Å². The van der Waals surface area contributed by atoms with Crippen molar-refractivity contribution in [3.63, 3.8) is 0 Å². The summed E-state index contributed by atoms with van der Waals surface area (Å²) in [5.41, 5.74) is 3.44. The van der Waals surface area contributed by atoms with E-state index in [-0.39, 0.29) is 5.91 Å². The largest absolute Gasteiger partial charge is 0.353 e. The van der Waals surface area contributed by atoms with Gasteiger partial charge in [0.15, 0.2) is 0 Å². The van der Waals surface area contributed by atoms with Crippen LogP contribution in [-0.2, 0) is 17.8 Å². The molecule has 1 aromatic heterocycles. The third-order valence-corrected chi connectivity index (χ3v) is 5.71. The highest BCUT2D eigenvalue weighted by Crippen LogP contribution is 2.24. The first-order valence-electron chi connectivity index (χ1n) is 9.79. The van der Waals surface area contributed by atoms with Crippen LogP contribution in [0.5, 0.6) is 0 Å². The number of carbonyl (C=O) groups is 1. The van der Waals surface area contributed by atoms with Crippen LogP contribution in [0, 0.1) is 0 Å². The number of para-hydroxylation sites is 1. The molecule has 4 rings (SSSR count). The summed E-state index contributed by atoms with van der Waals surface area (Å²) in [6.45, 7) is 0.766. The number of fused-ring (bicyclic) bond motifs is 1. The lowest BCUT2D eigenvalue weighted by atomic mass is 9.95. The molecule has 0 atom stereocenters. The zero-order valence-corrected chi connectivity index (χ0v) is 16.2. The minimum Gasteiger partial charge on any atom is -0.353 e. The average Bonchev–Trinajstić information content (AvgIpc) is 3.02. The summed E-state index contributed by atoms with van der Waals surface area (Å²) in [5, 5.41) is 5.14. The maximum absolute atomic E-state index is 12.6. The molecule has 27 heavy (non-hydrogen) atoms. The van der Waals surface area contributed by atoms with Gasteiger partial charge in [-0.15, -0.1) is 0 Å². The molecule has 0 unspecified atom stereocenters. The number of rotatable bonds is 5. The second-order valence-corrected chi connectivity index (χ2v) is 7.94. The molecule has 1 fully saturated rings. The zero-order valence-electron chi connectivity index (χ0n) is 15.5. The Hall–Kier alpha value is -2.26. The molecule has 4 heteroatoms. The van der Waals surface area contributed by atoms with Crippen molar-refractivity contribution in [3.8, 4) is 0 Å². The summed E-state index contributed by atoms with van der Waals surface area (Å²) in [7, 11) is 0. The van der Waals surface area contributed by atoms with Gasteiger partial charge in [0.05, 0.1) is 6.42 Å². The monoisotopic (exact) mass is 380 g/mol. The molecule has 1 heterocycles. The Bertz CT molecular complexity index is 923. The average molecular weight is 381 g/mol. The predicted molar refractivity (Wildman–Crippen MR) is 111 cm³/mol. The number of aromatic nitrogens is 1. The Morgan fingerprint density at radius 3 is 2.56 bits per heavy atom. The van der Waals surface area contributed by atoms with Gasteiger partial charge in [-0.1, -0.05) is 61.2 Å². The van der Waals surface area contributed by atoms with Crippen LogP contribution in [-0.4, -0.2) is 16.5 Å². The van der Waals surface area contributed by atoms with E-state index in [1.54, 1.807) is 0 Å². The van der Waals surface area contributed by atoms with Gasteiger partial charge in [0.2, 0.25) is 5.91 Å². The van der Waals surface area contributed by atoms with E-state index in [4.69, 9.17) is 11.6 Å². The molecule has 0 aliphatic heterocycles. The van der Waals surface area contributed by atoms with E-state index < -0.39 is 0 Å². The van der Waals surface area contributed by atoms with Crippen LogP contribution in [0.2, 0.25) is 5.02 Å². The number of hydrogen-bond acceptors (Lipinski definition) is 1. The molecule has 3 aromatic rings. The van der Waals surface area contributed by atoms with Crippen LogP contribution in [0.1, 0.15) is 43.2 Å². The van der Waals surface area contributed by atoms with Gasteiger partial charge in [-0.05, 0) is 42.2 Å². The van der Waals surface area contributed by atoms with Crippen LogP contribution in [0.25, 0.3) is 10.9 Å². The summed E-state index contributed by atoms with van der Waals surface area (Å²) in [6, 6.07) is 16.6. The molecule has 0 radical (unpaired) electrons. The number of benzene rings is 2. The van der Waals surface area contributed by atoms with Crippen molar-refractivity contribution in [2.75, 3.05) is 0 Å². The second kappa shape index (κ2) is 8.18. The highest BCUT2D eigenvalue weighted by Gasteiger charge is 2.17. The van der Waals surface area contributed by atoms with E-state index in [2.05, 4.69) is 28.2 Å². The molecule has 1 aliphatic rings. The lowest BCUT2D eigenvalue weighted by molar-refractivity contribution is -0.121. The van der Waals surface area contributed by atoms with Crippen LogP contribution in [0.15, 0.2) is 54.7 Å². The van der Waals surface area contributed by atoms with E-state index in [0.29, 0.717) is 12.5 Å². The van der Waals surface area contributed by atoms with E-state index in [1.807, 2.05) is 36.4 Å². The van der Waals surface area contributed by atoms with Crippen LogP contribution in [0.4, 0.5) is 0 Å². The summed E-state index contributed by atoms with van der Waals surface area (Å²) in [6.07, 6.45) is 8.54. The Labute approximate surface area is 165 Å². The smallest absolute Gasteiger partial charge is 0.224 e. The standard InChI is InChI=1S/C23H25ClN2O/c24-19-12-10-17(11-13-19)15-26-16-18(21-8-4-5-9-22(21)26)14-23(27)25-20-6-2-1-3-7-20/h4-5,8-13,16,20H,1-3,6-7,14-15H2,(H,25,27). The van der Waals surface area contributed by atoms with Gasteiger partial charge in [0.1, 0.15) is 0 Å². The molecule has 0 saturated heterocycles. The van der Waals surface area contributed by atoms with Crippen molar-refractivity contribution < 1.29 is 4.79 Å². The lowest BCUT2D eigenvalue weighted by Gasteiger charge is -2.22. The van der Waals surface area contributed by atoms with Crippen molar-refractivity contribution in [2.45, 2.75) is 51.1 Å². The van der Waals surface area contributed by atoms with E-state index in [9.17, 15) is 4.79 Å². The molecule has 1 saturated carbocycles. The second-order valence-electron chi connectivity index (χ2n) is 7.51. The molecule has 1 N–H and O–H groups in total. The normalized spacial score (nSPS) is 15.1. The third-order valence-electron chi connectivity index (χ3n) is 5.46. The zero-order chi connectivity index (χ0) is 18.6. The van der Waals surface area contributed by atoms with Crippen molar-refractivity contribution in [1.29, 1.82) is 0 Å². The van der Waals surface area contributed by atoms with Crippen molar-refractivity contribution in [1.82, 2.24) is 9.88 Å². The van der Waals surface area contributed by atoms with Gasteiger partial charge in [0.25, 0.3) is 0 Å². The molecule has 2 aromatic carbocycles. The summed E-state index contributed by atoms with van der Waals surface area (Å²) < 4.78 is 2.22. The van der Waals surface area contributed by atoms with E-state index in [1.165, 1.54) is 24.8 Å². The first kappa shape index (κ1) is 18.1. The first-order chi connectivity index (χ1) is 13.2. The minimum atomic E-state index is 0.135. The van der Waals surface area contributed by atoms with E-state index in [0.717, 1.165) is 40.9 Å². The highest BCUT2D eigenvalue weighted by atomic mass is 35.5. The molecular weight excluding hydrogens is 356 g/mol. The van der Waals surface area contributed by atoms with Gasteiger partial charge in [-0.2, -0.15) is 0 Å². The van der Waals surface area contributed by atoms with Crippen LogP contribution >= 0.6 is 11.6 Å². The van der Waals surface area contributed by atoms with Crippen molar-refractivity contribution >= 4 is 28.4 Å². The molecule has 0 bridgehead atoms. The predicted octanol–water partition coefficient (Wildman–Crippen LogP) is 5.33. The maximum Gasteiger partial charge on any atom is 0.224 e. The Balaban J connectivity index is 1.54. The Morgan fingerprint density at radius 2 is 1.78 bits per heavy atom. The maximum atomic E-state index is 12.6. The van der Waals surface area contributed by atoms with Gasteiger partial charge in [0, 0.05) is 34.7 Å². The number of nitrogens with one attached hydrogen (secondary N) is 1. The number of amides is 1. The fraction of sp³-hybridized carbons (Fsp3) is 0.348. The number of carbonyl (C=O) groups excluding carboxylic acids is 1. The summed E-state index contributed by atoms with van der Waals surface area (Å²) in [5.74, 6) is 0.135. The van der Waals surface area contributed by atoms with Crippen molar-refractivity contribution in [2.24, 2.45) is 0 Å². The van der Waals surface area contributed by atoms with E-state index >= 15 is 0 Å². The quantitative estimate of drug-likeness (QED) is 0.637. The van der Waals surface area contributed by atoms with Gasteiger partial charge < -0.3 is 9.88 Å². The van der Waals surface area contributed by atoms with Crippen molar-refractivity contribution in [3.05, 3.63) is 70.9 Å². The Kier molecular flexibility index (Phi) is 5.49. The van der Waals surface area contributed by atoms with Crippen LogP contribution in [0.3, 0.4) is 0 Å².